The van der Waals surface area contributed by atoms with Gasteiger partial charge in [-0.15, -0.1) is 0 Å². The molecular formula is C13H17F3O3. The molecule has 19 heavy (non-hydrogen) atoms. The molecule has 1 N–H and O–H groups in total. The van der Waals surface area contributed by atoms with Gasteiger partial charge < -0.3 is 14.6 Å². The summed E-state index contributed by atoms with van der Waals surface area (Å²) in [6.45, 7) is 0.672. The van der Waals surface area contributed by atoms with Crippen molar-refractivity contribution in [2.45, 2.75) is 25.6 Å². The maximum absolute atomic E-state index is 11.8. The Bertz CT molecular complexity index is 378. The van der Waals surface area contributed by atoms with Crippen molar-refractivity contribution in [2.75, 3.05) is 19.8 Å². The lowest BCUT2D eigenvalue weighted by molar-refractivity contribution is -0.174. The van der Waals surface area contributed by atoms with Gasteiger partial charge in [0.1, 0.15) is 12.4 Å². The van der Waals surface area contributed by atoms with Crippen LogP contribution in [0.2, 0.25) is 0 Å². The smallest absolute Gasteiger partial charge is 0.411 e. The molecule has 0 aromatic heterocycles. The van der Waals surface area contributed by atoms with E-state index in [1.807, 2.05) is 0 Å². The molecule has 0 unspecified atom stereocenters. The van der Waals surface area contributed by atoms with E-state index in [2.05, 4.69) is 4.74 Å². The number of halogens is 3. The molecule has 3 nitrogen and oxygen atoms in total. The van der Waals surface area contributed by atoms with E-state index in [0.717, 1.165) is 5.56 Å². The third-order valence-corrected chi connectivity index (χ3v) is 2.31. The maximum atomic E-state index is 11.8. The first kappa shape index (κ1) is 15.8. The molecule has 0 bridgehead atoms. The summed E-state index contributed by atoms with van der Waals surface area (Å²) in [5.41, 5.74) is 0.728. The molecule has 1 aromatic carbocycles. The number of alkyl halides is 3. The number of ether oxygens (including phenoxy) is 2. The summed E-state index contributed by atoms with van der Waals surface area (Å²) < 4.78 is 45.1. The molecule has 0 radical (unpaired) electrons. The lowest BCUT2D eigenvalue weighted by atomic mass is 10.1. The highest BCUT2D eigenvalue weighted by Crippen LogP contribution is 2.19. The summed E-state index contributed by atoms with van der Waals surface area (Å²) in [6.07, 6.45) is -4.50. The second-order valence-electron chi connectivity index (χ2n) is 4.12. The quantitative estimate of drug-likeness (QED) is 0.779. The van der Waals surface area contributed by atoms with Gasteiger partial charge in [0.25, 0.3) is 0 Å². The van der Waals surface area contributed by atoms with E-state index in [-0.39, 0.29) is 13.2 Å². The van der Waals surface area contributed by atoms with Crippen LogP contribution in [0.3, 0.4) is 0 Å². The fourth-order valence-electron chi connectivity index (χ4n) is 1.40. The minimum atomic E-state index is -4.29. The van der Waals surface area contributed by atoms with E-state index in [1.54, 1.807) is 31.2 Å². The van der Waals surface area contributed by atoms with Gasteiger partial charge in [0.15, 0.2) is 0 Å². The number of aliphatic hydroxyl groups excluding tert-OH is 1. The van der Waals surface area contributed by atoms with Gasteiger partial charge in [-0.25, -0.2) is 0 Å². The third kappa shape index (κ3) is 7.03. The van der Waals surface area contributed by atoms with Crippen molar-refractivity contribution in [1.29, 1.82) is 0 Å². The second-order valence-corrected chi connectivity index (χ2v) is 4.12. The average molecular weight is 278 g/mol. The molecule has 1 atom stereocenters. The van der Waals surface area contributed by atoms with Gasteiger partial charge in [0, 0.05) is 6.42 Å². The lowest BCUT2D eigenvalue weighted by Crippen LogP contribution is -2.18. The monoisotopic (exact) mass is 278 g/mol. The number of aliphatic hydroxyl groups is 1. The van der Waals surface area contributed by atoms with Gasteiger partial charge in [0.2, 0.25) is 0 Å². The molecule has 0 spiro atoms. The minimum Gasteiger partial charge on any atom is -0.493 e. The van der Waals surface area contributed by atoms with Gasteiger partial charge >= 0.3 is 6.18 Å². The number of hydrogen-bond donors (Lipinski definition) is 1. The first-order valence-corrected chi connectivity index (χ1v) is 5.94. The summed E-state index contributed by atoms with van der Waals surface area (Å²) in [5.74, 6) is 0.578. The minimum absolute atomic E-state index is 0.00436. The summed E-state index contributed by atoms with van der Waals surface area (Å²) >= 11 is 0. The van der Waals surface area contributed by atoms with Gasteiger partial charge in [-0.2, -0.15) is 13.2 Å². The van der Waals surface area contributed by atoms with Crippen LogP contribution < -0.4 is 4.74 Å². The summed E-state index contributed by atoms with van der Waals surface area (Å²) in [5, 5.41) is 9.38. The highest BCUT2D eigenvalue weighted by atomic mass is 19.4. The van der Waals surface area contributed by atoms with E-state index in [0.29, 0.717) is 12.2 Å². The lowest BCUT2D eigenvalue weighted by Gasteiger charge is -2.10. The molecule has 0 saturated heterocycles. The zero-order valence-corrected chi connectivity index (χ0v) is 10.6. The van der Waals surface area contributed by atoms with E-state index in [4.69, 9.17) is 4.74 Å². The highest BCUT2D eigenvalue weighted by molar-refractivity contribution is 5.29. The maximum Gasteiger partial charge on any atom is 0.411 e. The highest BCUT2D eigenvalue weighted by Gasteiger charge is 2.27. The third-order valence-electron chi connectivity index (χ3n) is 2.31. The normalized spacial score (nSPS) is 13.3. The Hall–Kier alpha value is -1.27. The van der Waals surface area contributed by atoms with Crippen LogP contribution in [0.25, 0.3) is 0 Å². The SMILES string of the molecule is C[C@@H](O)c1cccc(OCCCOCC(F)(F)F)c1. The zero-order chi connectivity index (χ0) is 14.3. The molecule has 0 fully saturated rings. The van der Waals surface area contributed by atoms with Crippen molar-refractivity contribution in [3.05, 3.63) is 29.8 Å². The molecule has 6 heteroatoms. The Balaban J connectivity index is 2.21. The predicted octanol–water partition coefficient (Wildman–Crippen LogP) is 3.09. The Kier molecular flexibility index (Phi) is 6.11. The molecule has 0 aliphatic carbocycles. The summed E-state index contributed by atoms with van der Waals surface area (Å²) in [7, 11) is 0. The topological polar surface area (TPSA) is 38.7 Å². The Morgan fingerprint density at radius 2 is 2.00 bits per heavy atom. The molecule has 0 aliphatic rings. The van der Waals surface area contributed by atoms with Crippen LogP contribution >= 0.6 is 0 Å². The first-order chi connectivity index (χ1) is 8.88. The number of hydrogen-bond acceptors (Lipinski definition) is 3. The van der Waals surface area contributed by atoms with Crippen LogP contribution in [0.1, 0.15) is 25.0 Å². The molecule has 1 rings (SSSR count). The van der Waals surface area contributed by atoms with E-state index in [9.17, 15) is 18.3 Å². The van der Waals surface area contributed by atoms with Crippen LogP contribution in [0, 0.1) is 0 Å². The van der Waals surface area contributed by atoms with Crippen molar-refractivity contribution in [3.8, 4) is 5.75 Å². The zero-order valence-electron chi connectivity index (χ0n) is 10.6. The Morgan fingerprint density at radius 1 is 1.26 bits per heavy atom. The van der Waals surface area contributed by atoms with Gasteiger partial charge in [-0.3, -0.25) is 0 Å². The van der Waals surface area contributed by atoms with E-state index >= 15 is 0 Å². The molecular weight excluding hydrogens is 261 g/mol. The number of benzene rings is 1. The average Bonchev–Trinajstić information content (AvgIpc) is 2.32. The van der Waals surface area contributed by atoms with Crippen molar-refractivity contribution >= 4 is 0 Å². The fourth-order valence-corrected chi connectivity index (χ4v) is 1.40. The number of rotatable bonds is 7. The Labute approximate surface area is 110 Å². The van der Waals surface area contributed by atoms with Gasteiger partial charge in [-0.05, 0) is 24.6 Å². The van der Waals surface area contributed by atoms with Crippen molar-refractivity contribution in [3.63, 3.8) is 0 Å². The van der Waals surface area contributed by atoms with Crippen LogP contribution in [-0.2, 0) is 4.74 Å². The summed E-state index contributed by atoms with van der Waals surface area (Å²) in [4.78, 5) is 0. The van der Waals surface area contributed by atoms with Crippen molar-refractivity contribution < 1.29 is 27.8 Å². The standard InChI is InChI=1S/C13H17F3O3/c1-10(17)11-4-2-5-12(8-11)19-7-3-6-18-9-13(14,15)16/h2,4-5,8,10,17H,3,6-7,9H2,1H3/t10-/m1/s1. The second kappa shape index (κ2) is 7.35. The van der Waals surface area contributed by atoms with E-state index < -0.39 is 18.9 Å². The van der Waals surface area contributed by atoms with Crippen molar-refractivity contribution in [1.82, 2.24) is 0 Å². The molecule has 1 aromatic rings. The fraction of sp³-hybridized carbons (Fsp3) is 0.538. The van der Waals surface area contributed by atoms with Gasteiger partial charge in [0.05, 0.1) is 19.3 Å². The van der Waals surface area contributed by atoms with Crippen LogP contribution in [0.15, 0.2) is 24.3 Å². The molecule has 0 heterocycles. The van der Waals surface area contributed by atoms with E-state index in [1.165, 1.54) is 0 Å². The Morgan fingerprint density at radius 3 is 2.63 bits per heavy atom. The largest absolute Gasteiger partial charge is 0.493 e. The molecule has 0 amide bonds. The summed E-state index contributed by atoms with van der Waals surface area (Å²) in [6, 6.07) is 6.94. The first-order valence-electron chi connectivity index (χ1n) is 5.94. The van der Waals surface area contributed by atoms with Crippen LogP contribution in [0.4, 0.5) is 13.2 Å². The molecule has 108 valence electrons. The van der Waals surface area contributed by atoms with Crippen molar-refractivity contribution in [2.24, 2.45) is 0 Å². The van der Waals surface area contributed by atoms with Crippen LogP contribution in [-0.4, -0.2) is 31.1 Å². The van der Waals surface area contributed by atoms with Gasteiger partial charge in [-0.1, -0.05) is 12.1 Å². The molecule has 0 saturated carbocycles. The van der Waals surface area contributed by atoms with Crippen LogP contribution in [0.5, 0.6) is 5.75 Å². The predicted molar refractivity (Wildman–Crippen MR) is 64.1 cm³/mol. The molecule has 0 aliphatic heterocycles.